The number of amides is 1. The van der Waals surface area contributed by atoms with Crippen LogP contribution in [0.15, 0.2) is 60.7 Å². The third-order valence-electron chi connectivity index (χ3n) is 8.31. The van der Waals surface area contributed by atoms with Gasteiger partial charge in [0.25, 0.3) is 0 Å². The molecule has 0 spiro atoms. The lowest BCUT2D eigenvalue weighted by atomic mass is 9.87. The molecule has 6 N–H and O–H groups in total. The zero-order valence-corrected chi connectivity index (χ0v) is 26.3. The first kappa shape index (κ1) is 36.1. The molecule has 1 heterocycles. The van der Waals surface area contributed by atoms with Crippen LogP contribution in [0.25, 0.3) is 11.1 Å². The summed E-state index contributed by atoms with van der Waals surface area (Å²) >= 11 is 6.67. The zero-order valence-electron chi connectivity index (χ0n) is 25.6. The number of hydrogen-bond donors (Lipinski definition) is 4. The predicted molar refractivity (Wildman–Crippen MR) is 170 cm³/mol. The van der Waals surface area contributed by atoms with Gasteiger partial charge in [0.2, 0.25) is 5.91 Å². The maximum Gasteiger partial charge on any atom is 0.490 e. The molecule has 13 heteroatoms. The Kier molecular flexibility index (Phi) is 12.6. The van der Waals surface area contributed by atoms with E-state index in [1.54, 1.807) is 6.07 Å². The summed E-state index contributed by atoms with van der Waals surface area (Å²) in [5, 5.41) is 11.2. The van der Waals surface area contributed by atoms with E-state index in [2.05, 4.69) is 17.4 Å². The van der Waals surface area contributed by atoms with E-state index in [0.717, 1.165) is 49.7 Å². The van der Waals surface area contributed by atoms with Gasteiger partial charge in [0.15, 0.2) is 11.6 Å². The Bertz CT molecular complexity index is 1510. The number of rotatable bonds is 10. The first-order valence-corrected chi connectivity index (χ1v) is 15.7. The smallest absolute Gasteiger partial charge is 0.488 e. The molecule has 254 valence electrons. The molecule has 1 saturated carbocycles. The number of alkyl halides is 3. The number of nitrogens with two attached hydrogens (primary N) is 2. The summed E-state index contributed by atoms with van der Waals surface area (Å²) in [4.78, 5) is 21.3. The van der Waals surface area contributed by atoms with Crippen molar-refractivity contribution >= 4 is 23.5 Å². The van der Waals surface area contributed by atoms with Crippen molar-refractivity contribution in [1.29, 1.82) is 0 Å². The molecule has 3 aromatic carbocycles. The summed E-state index contributed by atoms with van der Waals surface area (Å²) in [6.45, 7) is 1.60. The monoisotopic (exact) mass is 679 g/mol. The van der Waals surface area contributed by atoms with Gasteiger partial charge in [0, 0.05) is 47.3 Å². The van der Waals surface area contributed by atoms with E-state index in [4.69, 9.17) is 42.4 Å². The molecule has 2 fully saturated rings. The van der Waals surface area contributed by atoms with Crippen LogP contribution >= 0.6 is 11.6 Å². The molecule has 2 atom stereocenters. The molecule has 1 aliphatic heterocycles. The van der Waals surface area contributed by atoms with Gasteiger partial charge in [-0.05, 0) is 73.9 Å². The topological polar surface area (TPSA) is 137 Å². The highest BCUT2D eigenvalue weighted by molar-refractivity contribution is 6.33. The molecule has 47 heavy (non-hydrogen) atoms. The number of hydrogen-bond acceptors (Lipinski definition) is 6. The van der Waals surface area contributed by atoms with E-state index in [-0.39, 0.29) is 41.5 Å². The fourth-order valence-corrected chi connectivity index (χ4v) is 5.98. The maximum atomic E-state index is 16.1. The molecule has 5 rings (SSSR count). The molecule has 0 radical (unpaired) electrons. The third-order valence-corrected chi connectivity index (χ3v) is 8.64. The number of carboxylic acid groups (broad SMARTS) is 1. The summed E-state index contributed by atoms with van der Waals surface area (Å²) in [6, 6.07) is 19.4. The average Bonchev–Trinajstić information content (AvgIpc) is 3.56. The lowest BCUT2D eigenvalue weighted by molar-refractivity contribution is -0.192. The molecular weight excluding hydrogens is 642 g/mol. The van der Waals surface area contributed by atoms with Crippen molar-refractivity contribution in [2.45, 2.75) is 68.8 Å². The van der Waals surface area contributed by atoms with Crippen LogP contribution in [-0.4, -0.2) is 61.1 Å². The van der Waals surface area contributed by atoms with Crippen LogP contribution in [0.5, 0.6) is 5.75 Å². The number of benzene rings is 3. The molecule has 0 bridgehead atoms. The number of carboxylic acids is 1. The second-order valence-corrected chi connectivity index (χ2v) is 12.0. The summed E-state index contributed by atoms with van der Waals surface area (Å²) in [6.07, 6.45) is 0.768. The Hall–Kier alpha value is -3.71. The van der Waals surface area contributed by atoms with Crippen molar-refractivity contribution in [3.8, 4) is 16.9 Å². The van der Waals surface area contributed by atoms with E-state index in [1.165, 1.54) is 12.1 Å². The summed E-state index contributed by atoms with van der Waals surface area (Å²) < 4.78 is 59.2. The summed E-state index contributed by atoms with van der Waals surface area (Å²) in [5.74, 6) is -4.15. The number of carbonyl (C=O) groups excluding carboxylic acids is 1. The van der Waals surface area contributed by atoms with Gasteiger partial charge in [-0.3, -0.25) is 4.79 Å². The molecule has 1 aliphatic carbocycles. The van der Waals surface area contributed by atoms with Gasteiger partial charge < -0.3 is 31.4 Å². The lowest BCUT2D eigenvalue weighted by Crippen LogP contribution is -2.39. The third kappa shape index (κ3) is 9.90. The van der Waals surface area contributed by atoms with Crippen molar-refractivity contribution in [2.24, 2.45) is 11.5 Å². The van der Waals surface area contributed by atoms with Crippen LogP contribution in [0.4, 0.5) is 17.6 Å². The molecule has 2 aliphatic rings. The quantitative estimate of drug-likeness (QED) is 0.181. The number of nitrogens with one attached hydrogen (secondary N) is 1. The van der Waals surface area contributed by atoms with Gasteiger partial charge in [0.1, 0.15) is 6.61 Å². The minimum absolute atomic E-state index is 0.0214. The van der Waals surface area contributed by atoms with E-state index in [9.17, 15) is 18.0 Å². The van der Waals surface area contributed by atoms with Crippen LogP contribution in [0.1, 0.15) is 65.9 Å². The fraction of sp³-hybridized carbons (Fsp3) is 0.412. The van der Waals surface area contributed by atoms with Crippen molar-refractivity contribution < 1.29 is 41.7 Å². The van der Waals surface area contributed by atoms with Gasteiger partial charge in [-0.1, -0.05) is 48.0 Å². The molecule has 8 nitrogen and oxygen atoms in total. The van der Waals surface area contributed by atoms with E-state index < -0.39 is 23.9 Å². The van der Waals surface area contributed by atoms with Crippen molar-refractivity contribution in [3.63, 3.8) is 0 Å². The number of aliphatic carboxylic acids is 1. The van der Waals surface area contributed by atoms with Gasteiger partial charge in [0.05, 0.1) is 11.7 Å². The summed E-state index contributed by atoms with van der Waals surface area (Å²) in [7, 11) is 0. The van der Waals surface area contributed by atoms with Gasteiger partial charge >= 0.3 is 12.1 Å². The average molecular weight is 680 g/mol. The lowest BCUT2D eigenvalue weighted by Gasteiger charge is -2.29. The van der Waals surface area contributed by atoms with Crippen LogP contribution < -0.4 is 21.5 Å². The number of carbonyl (C=O) groups is 2. The first-order chi connectivity index (χ1) is 22.3. The van der Waals surface area contributed by atoms with Gasteiger partial charge in [-0.15, -0.1) is 0 Å². The van der Waals surface area contributed by atoms with Crippen molar-refractivity contribution in [3.05, 3.63) is 88.2 Å². The van der Waals surface area contributed by atoms with E-state index >= 15 is 4.39 Å². The molecular formula is C34H38ClF4N3O5. The van der Waals surface area contributed by atoms with Crippen LogP contribution in [0, 0.1) is 5.82 Å². The molecule has 3 aromatic rings. The highest BCUT2D eigenvalue weighted by Crippen LogP contribution is 2.39. The molecule has 1 saturated heterocycles. The molecule has 1 unspecified atom stereocenters. The largest absolute Gasteiger partial charge is 0.490 e. The SMILES string of the molecule is NC(=O)c1ccc(OC[C@@H]2CCCO2)c(F)c1-c1cc(C(CNC2CCC(N)CC2)c2ccccc2)ccc1Cl.O=C(O)C(F)(F)F. The number of ether oxygens (including phenoxy) is 2. The summed E-state index contributed by atoms with van der Waals surface area (Å²) in [5.41, 5.74) is 14.4. The second kappa shape index (κ2) is 16.4. The van der Waals surface area contributed by atoms with Crippen LogP contribution in [-0.2, 0) is 9.53 Å². The van der Waals surface area contributed by atoms with Crippen molar-refractivity contribution in [1.82, 2.24) is 5.32 Å². The van der Waals surface area contributed by atoms with Gasteiger partial charge in [-0.25, -0.2) is 9.18 Å². The second-order valence-electron chi connectivity index (χ2n) is 11.6. The highest BCUT2D eigenvalue weighted by Gasteiger charge is 2.38. The predicted octanol–water partition coefficient (Wildman–Crippen LogP) is 6.43. The maximum absolute atomic E-state index is 16.1. The Morgan fingerprint density at radius 2 is 1.70 bits per heavy atom. The van der Waals surface area contributed by atoms with Crippen molar-refractivity contribution in [2.75, 3.05) is 19.8 Å². The Morgan fingerprint density at radius 1 is 1.02 bits per heavy atom. The minimum Gasteiger partial charge on any atom is -0.488 e. The Labute approximate surface area is 275 Å². The zero-order chi connectivity index (χ0) is 34.1. The van der Waals surface area contributed by atoms with E-state index in [1.807, 2.05) is 30.3 Å². The minimum atomic E-state index is -5.08. The van der Waals surface area contributed by atoms with Crippen LogP contribution in [0.2, 0.25) is 5.02 Å². The number of primary amides is 1. The number of halogens is 5. The highest BCUT2D eigenvalue weighted by atomic mass is 35.5. The molecule has 0 aromatic heterocycles. The van der Waals surface area contributed by atoms with Gasteiger partial charge in [-0.2, -0.15) is 13.2 Å². The molecule has 1 amide bonds. The first-order valence-electron chi connectivity index (χ1n) is 15.4. The standard InChI is InChI=1S/C32H37ClFN3O3.C2HF3O2/c33-28-14-8-21(27(20-5-2-1-3-6-20)18-37-23-11-9-22(35)10-12-23)17-26(28)30-25(32(36)38)13-15-29(31(30)34)40-19-24-7-4-16-39-24;3-2(4,5)1(6)7/h1-3,5-6,8,13-15,17,22-24,27,37H,4,7,9-12,16,18-19,35H2,(H2,36,38);(H,6,7)/t22?,23?,24-,27?;/m0./s1. The van der Waals surface area contributed by atoms with E-state index in [0.29, 0.717) is 29.8 Å². The normalized spacial score (nSPS) is 20.2. The van der Waals surface area contributed by atoms with Crippen LogP contribution in [0.3, 0.4) is 0 Å². The fourth-order valence-electron chi connectivity index (χ4n) is 5.77. The Morgan fingerprint density at radius 3 is 2.30 bits per heavy atom. The Balaban J connectivity index is 0.000000644.